The lowest BCUT2D eigenvalue weighted by molar-refractivity contribution is -0.123. The lowest BCUT2D eigenvalue weighted by Gasteiger charge is -2.11. The van der Waals surface area contributed by atoms with Gasteiger partial charge in [-0.05, 0) is 43.4 Å². The van der Waals surface area contributed by atoms with Gasteiger partial charge in [0.25, 0.3) is 5.91 Å². The molecule has 0 spiro atoms. The van der Waals surface area contributed by atoms with Gasteiger partial charge in [0.15, 0.2) is 6.61 Å². The Hall–Kier alpha value is -1.62. The summed E-state index contributed by atoms with van der Waals surface area (Å²) in [5.74, 6) is 0.815. The maximum absolute atomic E-state index is 11.6. The quantitative estimate of drug-likeness (QED) is 0.509. The van der Waals surface area contributed by atoms with Crippen LogP contribution in [0.3, 0.4) is 0 Å². The Morgan fingerprint density at radius 2 is 2.40 bits per heavy atom. The van der Waals surface area contributed by atoms with Crippen LogP contribution < -0.4 is 10.2 Å². The second-order valence-corrected chi connectivity index (χ2v) is 5.52. The van der Waals surface area contributed by atoms with E-state index in [-0.39, 0.29) is 12.5 Å². The van der Waals surface area contributed by atoms with Crippen molar-refractivity contribution in [3.05, 3.63) is 40.9 Å². The fourth-order valence-electron chi connectivity index (χ4n) is 1.91. The van der Waals surface area contributed by atoms with Crippen LogP contribution in [0.15, 0.2) is 46.0 Å². The summed E-state index contributed by atoms with van der Waals surface area (Å²) in [5, 5.41) is 3.98. The molecule has 20 heavy (non-hydrogen) atoms. The molecule has 0 radical (unpaired) electrons. The minimum atomic E-state index is -0.257. The number of benzene rings is 1. The lowest BCUT2D eigenvalue weighted by atomic mass is 9.96. The summed E-state index contributed by atoms with van der Waals surface area (Å²) in [7, 11) is 0. The SMILES string of the molecule is O=C(COc1cccc(Br)c1)N/N=C\[C@H]1CC=CCC1. The average Bonchev–Trinajstić information content (AvgIpc) is 2.46. The van der Waals surface area contributed by atoms with E-state index in [1.165, 1.54) is 0 Å². The first-order valence-electron chi connectivity index (χ1n) is 6.59. The lowest BCUT2D eigenvalue weighted by Crippen LogP contribution is -2.25. The Balaban J connectivity index is 1.70. The molecule has 0 aromatic heterocycles. The maximum Gasteiger partial charge on any atom is 0.277 e. The highest BCUT2D eigenvalue weighted by molar-refractivity contribution is 9.10. The van der Waals surface area contributed by atoms with Crippen LogP contribution in [0.1, 0.15) is 19.3 Å². The molecule has 0 unspecified atom stereocenters. The van der Waals surface area contributed by atoms with Crippen molar-refractivity contribution >= 4 is 28.1 Å². The predicted octanol–water partition coefficient (Wildman–Crippen LogP) is 3.29. The number of hydrogen-bond acceptors (Lipinski definition) is 3. The van der Waals surface area contributed by atoms with E-state index >= 15 is 0 Å². The van der Waals surface area contributed by atoms with Crippen LogP contribution >= 0.6 is 15.9 Å². The summed E-state index contributed by atoms with van der Waals surface area (Å²) in [6.45, 7) is -0.0433. The van der Waals surface area contributed by atoms with Crippen LogP contribution in [0.5, 0.6) is 5.75 Å². The summed E-state index contributed by atoms with van der Waals surface area (Å²) in [6, 6.07) is 7.36. The summed E-state index contributed by atoms with van der Waals surface area (Å²) in [6.07, 6.45) is 9.29. The summed E-state index contributed by atoms with van der Waals surface area (Å²) in [5.41, 5.74) is 2.48. The molecular formula is C15H17BrN2O2. The van der Waals surface area contributed by atoms with Crippen molar-refractivity contribution < 1.29 is 9.53 Å². The molecule has 0 fully saturated rings. The van der Waals surface area contributed by atoms with E-state index in [0.29, 0.717) is 11.7 Å². The van der Waals surface area contributed by atoms with Gasteiger partial charge in [0.2, 0.25) is 0 Å². The maximum atomic E-state index is 11.6. The fourth-order valence-corrected chi connectivity index (χ4v) is 2.28. The molecular weight excluding hydrogens is 320 g/mol. The molecule has 1 aromatic rings. The van der Waals surface area contributed by atoms with Crippen LogP contribution in [0, 0.1) is 5.92 Å². The van der Waals surface area contributed by atoms with E-state index in [1.807, 2.05) is 18.2 Å². The third-order valence-electron chi connectivity index (χ3n) is 2.95. The highest BCUT2D eigenvalue weighted by Gasteiger charge is 2.07. The number of carbonyl (C=O) groups excluding carboxylic acids is 1. The van der Waals surface area contributed by atoms with Gasteiger partial charge in [0, 0.05) is 10.7 Å². The van der Waals surface area contributed by atoms with Gasteiger partial charge in [-0.3, -0.25) is 4.79 Å². The van der Waals surface area contributed by atoms with Crippen LogP contribution in [0.4, 0.5) is 0 Å². The molecule has 1 N–H and O–H groups in total. The smallest absolute Gasteiger partial charge is 0.277 e. The number of halogens is 1. The van der Waals surface area contributed by atoms with Gasteiger partial charge in [-0.15, -0.1) is 0 Å². The number of amides is 1. The molecule has 2 rings (SSSR count). The van der Waals surface area contributed by atoms with Crippen molar-refractivity contribution in [2.75, 3.05) is 6.61 Å². The van der Waals surface area contributed by atoms with Crippen molar-refractivity contribution in [2.45, 2.75) is 19.3 Å². The Morgan fingerprint density at radius 1 is 1.50 bits per heavy atom. The zero-order chi connectivity index (χ0) is 14.2. The van der Waals surface area contributed by atoms with Crippen molar-refractivity contribution in [3.63, 3.8) is 0 Å². The Bertz CT molecular complexity index is 514. The highest BCUT2D eigenvalue weighted by Crippen LogP contribution is 2.17. The number of carbonyl (C=O) groups is 1. The molecule has 5 heteroatoms. The zero-order valence-corrected chi connectivity index (χ0v) is 12.7. The van der Waals surface area contributed by atoms with E-state index in [4.69, 9.17) is 4.74 Å². The van der Waals surface area contributed by atoms with Crippen molar-refractivity contribution in [2.24, 2.45) is 11.0 Å². The van der Waals surface area contributed by atoms with Gasteiger partial charge in [-0.1, -0.05) is 34.1 Å². The zero-order valence-electron chi connectivity index (χ0n) is 11.1. The van der Waals surface area contributed by atoms with E-state index in [9.17, 15) is 4.79 Å². The number of hydrogen-bond donors (Lipinski definition) is 1. The minimum Gasteiger partial charge on any atom is -0.484 e. The van der Waals surface area contributed by atoms with Crippen molar-refractivity contribution in [1.29, 1.82) is 0 Å². The number of nitrogens with one attached hydrogen (secondary N) is 1. The molecule has 1 amide bonds. The average molecular weight is 337 g/mol. The third kappa shape index (κ3) is 5.17. The first-order valence-corrected chi connectivity index (χ1v) is 7.39. The highest BCUT2D eigenvalue weighted by atomic mass is 79.9. The van der Waals surface area contributed by atoms with E-state index in [2.05, 4.69) is 38.6 Å². The Kier molecular flexibility index (Phi) is 5.80. The van der Waals surface area contributed by atoms with E-state index in [1.54, 1.807) is 12.3 Å². The number of rotatable bonds is 5. The molecule has 0 bridgehead atoms. The van der Waals surface area contributed by atoms with Crippen LogP contribution in [0.25, 0.3) is 0 Å². The normalized spacial score (nSPS) is 18.1. The number of allylic oxidation sites excluding steroid dienone is 2. The molecule has 4 nitrogen and oxygen atoms in total. The fraction of sp³-hybridized carbons (Fsp3) is 0.333. The summed E-state index contributed by atoms with van der Waals surface area (Å²) >= 11 is 3.35. The van der Waals surface area contributed by atoms with Gasteiger partial charge < -0.3 is 4.74 Å². The molecule has 0 aliphatic heterocycles. The van der Waals surface area contributed by atoms with Crippen LogP contribution in [-0.4, -0.2) is 18.7 Å². The minimum absolute atomic E-state index is 0.0433. The van der Waals surface area contributed by atoms with Crippen LogP contribution in [0.2, 0.25) is 0 Å². The van der Waals surface area contributed by atoms with Gasteiger partial charge in [0.1, 0.15) is 5.75 Å². The van der Waals surface area contributed by atoms with Gasteiger partial charge in [-0.25, -0.2) is 5.43 Å². The number of ether oxygens (including phenoxy) is 1. The monoisotopic (exact) mass is 336 g/mol. The summed E-state index contributed by atoms with van der Waals surface area (Å²) < 4.78 is 6.28. The molecule has 106 valence electrons. The second kappa shape index (κ2) is 7.85. The summed E-state index contributed by atoms with van der Waals surface area (Å²) in [4.78, 5) is 11.6. The molecule has 1 atom stereocenters. The van der Waals surface area contributed by atoms with Gasteiger partial charge in [-0.2, -0.15) is 5.10 Å². The molecule has 1 aliphatic carbocycles. The van der Waals surface area contributed by atoms with Crippen molar-refractivity contribution in [3.8, 4) is 5.75 Å². The van der Waals surface area contributed by atoms with Crippen LogP contribution in [-0.2, 0) is 4.79 Å². The number of hydrazone groups is 1. The number of nitrogens with zero attached hydrogens (tertiary/aromatic N) is 1. The molecule has 0 saturated heterocycles. The van der Waals surface area contributed by atoms with E-state index < -0.39 is 0 Å². The standard InChI is InChI=1S/C15H17BrN2O2/c16-13-7-4-8-14(9-13)20-11-15(19)18-17-10-12-5-2-1-3-6-12/h1-2,4,7-10,12H,3,5-6,11H2,(H,18,19)/b17-10-/t12-/m0/s1. The molecule has 1 aromatic carbocycles. The van der Waals surface area contributed by atoms with Gasteiger partial charge >= 0.3 is 0 Å². The molecule has 0 saturated carbocycles. The molecule has 0 heterocycles. The van der Waals surface area contributed by atoms with Crippen molar-refractivity contribution in [1.82, 2.24) is 5.43 Å². The predicted molar refractivity (Wildman–Crippen MR) is 82.8 cm³/mol. The van der Waals surface area contributed by atoms with E-state index in [0.717, 1.165) is 23.7 Å². The Labute approximate surface area is 127 Å². The molecule has 1 aliphatic rings. The first-order chi connectivity index (χ1) is 9.74. The topological polar surface area (TPSA) is 50.7 Å². The largest absolute Gasteiger partial charge is 0.484 e. The van der Waals surface area contributed by atoms with Gasteiger partial charge in [0.05, 0.1) is 0 Å². The second-order valence-electron chi connectivity index (χ2n) is 4.60. The third-order valence-corrected chi connectivity index (χ3v) is 3.44. The Morgan fingerprint density at radius 3 is 3.15 bits per heavy atom. The first kappa shape index (κ1) is 14.8.